The van der Waals surface area contributed by atoms with E-state index >= 15 is 0 Å². The van der Waals surface area contributed by atoms with Gasteiger partial charge in [0.15, 0.2) is 0 Å². The normalized spacial score (nSPS) is 16.1. The number of nitrogens with zero attached hydrogens (tertiary/aromatic N) is 4. The summed E-state index contributed by atoms with van der Waals surface area (Å²) < 4.78 is 15.2. The number of aromatic nitrogens is 4. The number of fused-ring (bicyclic) bond motifs is 3. The van der Waals surface area contributed by atoms with Crippen molar-refractivity contribution in [2.75, 3.05) is 19.0 Å². The quantitative estimate of drug-likeness (QED) is 0.474. The van der Waals surface area contributed by atoms with Crippen LogP contribution < -0.4 is 21.3 Å². The van der Waals surface area contributed by atoms with E-state index in [1.165, 1.54) is 20.3 Å². The molecule has 5 rings (SSSR count). The largest absolute Gasteiger partial charge is 0.497 e. The highest BCUT2D eigenvalue weighted by Gasteiger charge is 2.23. The van der Waals surface area contributed by atoms with Crippen LogP contribution in [0.15, 0.2) is 45.3 Å². The number of amides is 1. The topological polar surface area (TPSA) is 109 Å². The molecule has 0 unspecified atom stereocenters. The maximum atomic E-state index is 13.1. The predicted octanol–water partition coefficient (Wildman–Crippen LogP) is 1.70. The molecule has 0 bridgehead atoms. The van der Waals surface area contributed by atoms with Gasteiger partial charge in [-0.3, -0.25) is 14.2 Å². The molecular weight excluding hydrogens is 434 g/mol. The lowest BCUT2D eigenvalue weighted by Gasteiger charge is -2.12. The van der Waals surface area contributed by atoms with Crippen LogP contribution in [0.25, 0.3) is 16.0 Å². The minimum atomic E-state index is -0.477. The molecule has 1 N–H and O–H groups in total. The third kappa shape index (κ3) is 3.59. The summed E-state index contributed by atoms with van der Waals surface area (Å²) in [4.78, 5) is 38.8. The molecule has 1 saturated heterocycles. The first-order valence-corrected chi connectivity index (χ1v) is 11.1. The van der Waals surface area contributed by atoms with Crippen LogP contribution in [0, 0.1) is 0 Å². The Morgan fingerprint density at radius 1 is 1.28 bits per heavy atom. The van der Waals surface area contributed by atoms with Crippen LogP contribution in [0.1, 0.15) is 12.8 Å². The van der Waals surface area contributed by atoms with Crippen molar-refractivity contribution in [3.63, 3.8) is 0 Å². The van der Waals surface area contributed by atoms with Gasteiger partial charge in [-0.1, -0.05) is 0 Å². The van der Waals surface area contributed by atoms with Crippen molar-refractivity contribution in [2.45, 2.75) is 32.0 Å². The summed E-state index contributed by atoms with van der Waals surface area (Å²) in [5.74, 6) is 0.470. The summed E-state index contributed by atoms with van der Waals surface area (Å²) in [7, 11) is 1.56. The number of hydrogen-bond acceptors (Lipinski definition) is 7. The van der Waals surface area contributed by atoms with Crippen molar-refractivity contribution in [3.05, 3.63) is 56.5 Å². The van der Waals surface area contributed by atoms with E-state index in [2.05, 4.69) is 10.4 Å². The summed E-state index contributed by atoms with van der Waals surface area (Å²) in [6, 6.07) is 8.58. The van der Waals surface area contributed by atoms with Crippen molar-refractivity contribution in [1.82, 2.24) is 18.7 Å². The van der Waals surface area contributed by atoms with Crippen LogP contribution in [0.4, 0.5) is 5.69 Å². The Labute approximate surface area is 185 Å². The van der Waals surface area contributed by atoms with Gasteiger partial charge in [0.1, 0.15) is 17.0 Å². The lowest BCUT2D eigenvalue weighted by atomic mass is 10.2. The zero-order chi connectivity index (χ0) is 22.2. The lowest BCUT2D eigenvalue weighted by molar-refractivity contribution is -0.117. The zero-order valence-corrected chi connectivity index (χ0v) is 18.1. The highest BCUT2D eigenvalue weighted by molar-refractivity contribution is 7.17. The number of thiophene rings is 1. The standard InChI is InChI=1S/C21H21N5O5S/c1-30-14-6-4-13(5-7-14)22-17(27)12-25-21(29)26-16-8-10-32-18(16)19(28)24(20(26)23-25)11-15-3-2-9-31-15/h4-8,10,15H,2-3,9,11-12H2,1H3,(H,22,27)/t15-/m0/s1. The van der Waals surface area contributed by atoms with Crippen molar-refractivity contribution >= 4 is 38.9 Å². The third-order valence-corrected chi connectivity index (χ3v) is 6.36. The number of benzene rings is 1. The molecule has 10 nitrogen and oxygen atoms in total. The fourth-order valence-corrected chi connectivity index (χ4v) is 4.73. The Kier molecular flexibility index (Phi) is 5.27. The number of methoxy groups -OCH3 is 1. The summed E-state index contributed by atoms with van der Waals surface area (Å²) in [6.45, 7) is 0.681. The van der Waals surface area contributed by atoms with Crippen LogP contribution in [-0.2, 0) is 22.6 Å². The molecule has 1 fully saturated rings. The average molecular weight is 455 g/mol. The second-order valence-corrected chi connectivity index (χ2v) is 8.45. The van der Waals surface area contributed by atoms with Crippen LogP contribution >= 0.6 is 11.3 Å². The highest BCUT2D eigenvalue weighted by Crippen LogP contribution is 2.20. The molecule has 0 saturated carbocycles. The molecular formula is C21H21N5O5S. The molecule has 4 heterocycles. The van der Waals surface area contributed by atoms with Crippen molar-refractivity contribution in [2.24, 2.45) is 0 Å². The second-order valence-electron chi connectivity index (χ2n) is 7.54. The minimum Gasteiger partial charge on any atom is -0.497 e. The second kappa shape index (κ2) is 8.24. The summed E-state index contributed by atoms with van der Waals surface area (Å²) in [5, 5.41) is 8.86. The zero-order valence-electron chi connectivity index (χ0n) is 17.3. The number of ether oxygens (including phenoxy) is 2. The number of anilines is 1. The number of hydrogen-bond donors (Lipinski definition) is 1. The van der Waals surface area contributed by atoms with E-state index in [0.29, 0.717) is 34.8 Å². The van der Waals surface area contributed by atoms with Gasteiger partial charge in [0, 0.05) is 12.3 Å². The van der Waals surface area contributed by atoms with Gasteiger partial charge in [0.05, 0.1) is 25.3 Å². The number of carbonyl (C=O) groups is 1. The Hall–Kier alpha value is -3.44. The Morgan fingerprint density at radius 3 is 2.81 bits per heavy atom. The Morgan fingerprint density at radius 2 is 2.09 bits per heavy atom. The summed E-state index contributed by atoms with van der Waals surface area (Å²) in [5.41, 5.74) is 0.376. The average Bonchev–Trinajstić information content (AvgIpc) is 3.53. The smallest absolute Gasteiger partial charge is 0.352 e. The van der Waals surface area contributed by atoms with Gasteiger partial charge < -0.3 is 14.8 Å². The van der Waals surface area contributed by atoms with Gasteiger partial charge in [-0.05, 0) is 48.6 Å². The highest BCUT2D eigenvalue weighted by atomic mass is 32.1. The van der Waals surface area contributed by atoms with Gasteiger partial charge in [0.2, 0.25) is 11.7 Å². The fourth-order valence-electron chi connectivity index (χ4n) is 3.90. The van der Waals surface area contributed by atoms with Crippen molar-refractivity contribution in [3.8, 4) is 5.75 Å². The maximum absolute atomic E-state index is 13.1. The number of rotatable bonds is 6. The van der Waals surface area contributed by atoms with E-state index in [1.807, 2.05) is 0 Å². The fraction of sp³-hybridized carbons (Fsp3) is 0.333. The molecule has 0 spiro atoms. The van der Waals surface area contributed by atoms with E-state index in [0.717, 1.165) is 17.5 Å². The SMILES string of the molecule is COc1ccc(NC(=O)Cn2nc3n(C[C@@H]4CCCO4)c(=O)c4sccc4n3c2=O)cc1. The molecule has 1 aromatic carbocycles. The lowest BCUT2D eigenvalue weighted by Crippen LogP contribution is -2.30. The van der Waals surface area contributed by atoms with Gasteiger partial charge in [-0.2, -0.15) is 0 Å². The number of carbonyl (C=O) groups excluding carboxylic acids is 1. The van der Waals surface area contributed by atoms with Gasteiger partial charge >= 0.3 is 5.69 Å². The van der Waals surface area contributed by atoms with E-state index in [-0.39, 0.29) is 24.0 Å². The minimum absolute atomic E-state index is 0.104. The molecule has 4 aromatic rings. The molecule has 1 amide bonds. The molecule has 166 valence electrons. The van der Waals surface area contributed by atoms with Crippen LogP contribution in [-0.4, -0.2) is 44.5 Å². The van der Waals surface area contributed by atoms with Crippen LogP contribution in [0.5, 0.6) is 5.75 Å². The third-order valence-electron chi connectivity index (χ3n) is 5.47. The molecule has 1 atom stereocenters. The molecule has 11 heteroatoms. The number of nitrogens with one attached hydrogen (secondary N) is 1. The first kappa shape index (κ1) is 20.5. The predicted molar refractivity (Wildman–Crippen MR) is 120 cm³/mol. The summed E-state index contributed by atoms with van der Waals surface area (Å²) >= 11 is 1.28. The van der Waals surface area contributed by atoms with Crippen molar-refractivity contribution in [1.29, 1.82) is 0 Å². The first-order valence-electron chi connectivity index (χ1n) is 10.2. The molecule has 1 aliphatic rings. The molecule has 3 aromatic heterocycles. The first-order chi connectivity index (χ1) is 15.5. The van der Waals surface area contributed by atoms with Crippen LogP contribution in [0.2, 0.25) is 0 Å². The monoisotopic (exact) mass is 455 g/mol. The van der Waals surface area contributed by atoms with E-state index in [9.17, 15) is 14.4 Å². The van der Waals surface area contributed by atoms with Gasteiger partial charge in [0.25, 0.3) is 5.56 Å². The van der Waals surface area contributed by atoms with E-state index in [4.69, 9.17) is 9.47 Å². The molecule has 32 heavy (non-hydrogen) atoms. The maximum Gasteiger partial charge on any atom is 0.352 e. The van der Waals surface area contributed by atoms with Crippen LogP contribution in [0.3, 0.4) is 0 Å². The Balaban J connectivity index is 1.51. The Bertz CT molecular complexity index is 1410. The molecule has 1 aliphatic heterocycles. The molecule has 0 aliphatic carbocycles. The van der Waals surface area contributed by atoms with E-state index < -0.39 is 11.6 Å². The van der Waals surface area contributed by atoms with Gasteiger partial charge in [-0.15, -0.1) is 16.4 Å². The summed E-state index contributed by atoms with van der Waals surface area (Å²) in [6.07, 6.45) is 1.67. The van der Waals surface area contributed by atoms with Crippen molar-refractivity contribution < 1.29 is 14.3 Å². The van der Waals surface area contributed by atoms with Gasteiger partial charge in [-0.25, -0.2) is 13.9 Å². The van der Waals surface area contributed by atoms with E-state index in [1.54, 1.807) is 42.8 Å². The molecule has 0 radical (unpaired) electrons.